The van der Waals surface area contributed by atoms with E-state index < -0.39 is 5.92 Å². The Morgan fingerprint density at radius 1 is 1.50 bits per heavy atom. The zero-order valence-corrected chi connectivity index (χ0v) is 11.1. The fraction of sp³-hybridized carbons (Fsp3) is 0.692. The SMILES string of the molecule is CC(C)C1CCC(=O)C(C(=O)c2cn(C)nn2)C1. The van der Waals surface area contributed by atoms with Crippen LogP contribution in [0.1, 0.15) is 43.6 Å². The summed E-state index contributed by atoms with van der Waals surface area (Å²) in [5, 5.41) is 7.55. The molecule has 1 saturated carbocycles. The normalized spacial score (nSPS) is 24.6. The monoisotopic (exact) mass is 249 g/mol. The smallest absolute Gasteiger partial charge is 0.195 e. The number of aromatic nitrogens is 3. The minimum atomic E-state index is -0.511. The minimum absolute atomic E-state index is 0.0579. The molecule has 1 aliphatic rings. The molecule has 98 valence electrons. The number of hydrogen-bond acceptors (Lipinski definition) is 4. The second kappa shape index (κ2) is 5.00. The number of Topliss-reactive ketones (excluding diaryl/α,β-unsaturated/α-hetero) is 2. The third kappa shape index (κ3) is 2.49. The van der Waals surface area contributed by atoms with Gasteiger partial charge in [0.05, 0.1) is 12.1 Å². The van der Waals surface area contributed by atoms with Gasteiger partial charge in [0.1, 0.15) is 11.5 Å². The Balaban J connectivity index is 2.15. The van der Waals surface area contributed by atoms with E-state index in [1.807, 2.05) is 0 Å². The van der Waals surface area contributed by atoms with Gasteiger partial charge in [0, 0.05) is 13.5 Å². The molecular weight excluding hydrogens is 230 g/mol. The van der Waals surface area contributed by atoms with Gasteiger partial charge in [-0.05, 0) is 24.7 Å². The second-order valence-corrected chi connectivity index (χ2v) is 5.44. The van der Waals surface area contributed by atoms with Crippen molar-refractivity contribution in [2.24, 2.45) is 24.8 Å². The largest absolute Gasteiger partial charge is 0.299 e. The third-order valence-electron chi connectivity index (χ3n) is 3.80. The van der Waals surface area contributed by atoms with Crippen LogP contribution in [0.2, 0.25) is 0 Å². The van der Waals surface area contributed by atoms with Crippen LogP contribution < -0.4 is 0 Å². The van der Waals surface area contributed by atoms with E-state index in [-0.39, 0.29) is 11.6 Å². The van der Waals surface area contributed by atoms with Crippen LogP contribution in [-0.2, 0) is 11.8 Å². The summed E-state index contributed by atoms with van der Waals surface area (Å²) in [6, 6.07) is 0. The molecule has 0 radical (unpaired) electrons. The standard InChI is InChI=1S/C13H19N3O2/c1-8(2)9-4-5-12(17)10(6-9)13(18)11-7-16(3)15-14-11/h7-10H,4-6H2,1-3H3. The molecule has 5 heteroatoms. The van der Waals surface area contributed by atoms with Crippen LogP contribution in [-0.4, -0.2) is 26.6 Å². The summed E-state index contributed by atoms with van der Waals surface area (Å²) < 4.78 is 1.49. The molecule has 2 atom stereocenters. The Hall–Kier alpha value is -1.52. The molecule has 0 bridgehead atoms. The molecule has 1 aromatic heterocycles. The van der Waals surface area contributed by atoms with Crippen molar-refractivity contribution < 1.29 is 9.59 Å². The van der Waals surface area contributed by atoms with E-state index in [0.717, 1.165) is 6.42 Å². The first-order valence-corrected chi connectivity index (χ1v) is 6.42. The van der Waals surface area contributed by atoms with Crippen molar-refractivity contribution in [3.05, 3.63) is 11.9 Å². The quantitative estimate of drug-likeness (QED) is 0.603. The lowest BCUT2D eigenvalue weighted by molar-refractivity contribution is -0.124. The number of ketones is 2. The predicted molar refractivity (Wildman–Crippen MR) is 66.0 cm³/mol. The molecule has 2 rings (SSSR count). The summed E-state index contributed by atoms with van der Waals surface area (Å²) >= 11 is 0. The second-order valence-electron chi connectivity index (χ2n) is 5.44. The maximum atomic E-state index is 12.3. The van der Waals surface area contributed by atoms with Crippen LogP contribution >= 0.6 is 0 Å². The van der Waals surface area contributed by atoms with Gasteiger partial charge in [-0.1, -0.05) is 19.1 Å². The molecule has 0 amide bonds. The maximum Gasteiger partial charge on any atom is 0.195 e. The van der Waals surface area contributed by atoms with Gasteiger partial charge in [-0.3, -0.25) is 14.3 Å². The highest BCUT2D eigenvalue weighted by molar-refractivity contribution is 6.09. The van der Waals surface area contributed by atoms with Crippen molar-refractivity contribution in [2.45, 2.75) is 33.1 Å². The number of carbonyl (C=O) groups excluding carboxylic acids is 2. The summed E-state index contributed by atoms with van der Waals surface area (Å²) in [5.74, 6) is 0.340. The van der Waals surface area contributed by atoms with Gasteiger partial charge in [-0.2, -0.15) is 0 Å². The zero-order chi connectivity index (χ0) is 13.3. The van der Waals surface area contributed by atoms with Crippen molar-refractivity contribution >= 4 is 11.6 Å². The van der Waals surface area contributed by atoms with E-state index in [1.54, 1.807) is 13.2 Å². The summed E-state index contributed by atoms with van der Waals surface area (Å²) in [4.78, 5) is 24.2. The number of carbonyl (C=O) groups is 2. The van der Waals surface area contributed by atoms with Gasteiger partial charge in [0.2, 0.25) is 0 Å². The molecule has 0 aliphatic heterocycles. The Labute approximate surface area is 107 Å². The molecule has 1 fully saturated rings. The van der Waals surface area contributed by atoms with Crippen molar-refractivity contribution in [1.29, 1.82) is 0 Å². The average Bonchev–Trinajstić information content (AvgIpc) is 2.75. The first-order valence-electron chi connectivity index (χ1n) is 6.42. The molecule has 0 aromatic carbocycles. The van der Waals surface area contributed by atoms with E-state index in [9.17, 15) is 9.59 Å². The molecule has 1 aromatic rings. The van der Waals surface area contributed by atoms with Gasteiger partial charge >= 0.3 is 0 Å². The highest BCUT2D eigenvalue weighted by Gasteiger charge is 2.36. The Bertz CT molecular complexity index is 465. The summed E-state index contributed by atoms with van der Waals surface area (Å²) in [6.07, 6.45) is 3.65. The lowest BCUT2D eigenvalue weighted by Crippen LogP contribution is -2.33. The fourth-order valence-corrected chi connectivity index (χ4v) is 2.55. The van der Waals surface area contributed by atoms with E-state index in [2.05, 4.69) is 24.2 Å². The highest BCUT2D eigenvalue weighted by atomic mass is 16.2. The molecule has 0 saturated heterocycles. The average molecular weight is 249 g/mol. The summed E-state index contributed by atoms with van der Waals surface area (Å²) in [7, 11) is 1.71. The van der Waals surface area contributed by atoms with Gasteiger partial charge in [-0.15, -0.1) is 5.10 Å². The maximum absolute atomic E-state index is 12.3. The van der Waals surface area contributed by atoms with Crippen molar-refractivity contribution in [2.75, 3.05) is 0 Å². The number of hydrogen-bond donors (Lipinski definition) is 0. The van der Waals surface area contributed by atoms with Gasteiger partial charge in [0.25, 0.3) is 0 Å². The molecule has 0 N–H and O–H groups in total. The van der Waals surface area contributed by atoms with Gasteiger partial charge < -0.3 is 0 Å². The van der Waals surface area contributed by atoms with E-state index in [1.165, 1.54) is 4.68 Å². The third-order valence-corrected chi connectivity index (χ3v) is 3.80. The Morgan fingerprint density at radius 3 is 2.78 bits per heavy atom. The van der Waals surface area contributed by atoms with Crippen LogP contribution in [0.15, 0.2) is 6.20 Å². The molecule has 0 spiro atoms. The molecular formula is C13H19N3O2. The topological polar surface area (TPSA) is 64.8 Å². The molecule has 2 unspecified atom stereocenters. The molecule has 1 aliphatic carbocycles. The van der Waals surface area contributed by atoms with Crippen LogP contribution in [0.3, 0.4) is 0 Å². The van der Waals surface area contributed by atoms with Crippen LogP contribution in [0, 0.1) is 17.8 Å². The van der Waals surface area contributed by atoms with Crippen molar-refractivity contribution in [3.8, 4) is 0 Å². The number of nitrogens with zero attached hydrogens (tertiary/aromatic N) is 3. The Morgan fingerprint density at radius 2 is 2.22 bits per heavy atom. The summed E-state index contributed by atoms with van der Waals surface area (Å²) in [6.45, 7) is 4.29. The Kier molecular flexibility index (Phi) is 3.59. The zero-order valence-electron chi connectivity index (χ0n) is 11.1. The summed E-state index contributed by atoms with van der Waals surface area (Å²) in [5.41, 5.74) is 0.306. The van der Waals surface area contributed by atoms with Gasteiger partial charge in [-0.25, -0.2) is 0 Å². The van der Waals surface area contributed by atoms with Crippen LogP contribution in [0.4, 0.5) is 0 Å². The molecule has 18 heavy (non-hydrogen) atoms. The van der Waals surface area contributed by atoms with E-state index in [0.29, 0.717) is 30.4 Å². The number of rotatable bonds is 3. The van der Waals surface area contributed by atoms with Crippen LogP contribution in [0.5, 0.6) is 0 Å². The van der Waals surface area contributed by atoms with E-state index in [4.69, 9.17) is 0 Å². The first kappa shape index (κ1) is 12.9. The molecule has 1 heterocycles. The number of aryl methyl sites for hydroxylation is 1. The highest BCUT2D eigenvalue weighted by Crippen LogP contribution is 2.33. The predicted octanol–water partition coefficient (Wildman–Crippen LogP) is 1.64. The van der Waals surface area contributed by atoms with Crippen molar-refractivity contribution in [3.63, 3.8) is 0 Å². The van der Waals surface area contributed by atoms with Crippen LogP contribution in [0.25, 0.3) is 0 Å². The minimum Gasteiger partial charge on any atom is -0.299 e. The van der Waals surface area contributed by atoms with Crippen molar-refractivity contribution in [1.82, 2.24) is 15.0 Å². The fourth-order valence-electron chi connectivity index (χ4n) is 2.55. The molecule has 5 nitrogen and oxygen atoms in total. The van der Waals surface area contributed by atoms with E-state index >= 15 is 0 Å². The van der Waals surface area contributed by atoms with Gasteiger partial charge in [0.15, 0.2) is 5.78 Å². The lowest BCUT2D eigenvalue weighted by Gasteiger charge is -2.29. The first-order chi connectivity index (χ1) is 8.49. The lowest BCUT2D eigenvalue weighted by atomic mass is 9.73.